The SMILES string of the molecule is CCC/C=C1\CC=CO[C@@](C(=O)OC)(C(F)(F)F)C1. The minimum Gasteiger partial charge on any atom is -0.474 e. The van der Waals surface area contributed by atoms with Crippen LogP contribution < -0.4 is 0 Å². The number of halogens is 3. The lowest BCUT2D eigenvalue weighted by Crippen LogP contribution is -2.54. The van der Waals surface area contributed by atoms with Gasteiger partial charge in [-0.1, -0.05) is 25.0 Å². The molecule has 0 radical (unpaired) electrons. The van der Waals surface area contributed by atoms with Gasteiger partial charge in [0.1, 0.15) is 0 Å². The molecule has 0 saturated carbocycles. The van der Waals surface area contributed by atoms with Crippen LogP contribution in [0.25, 0.3) is 0 Å². The van der Waals surface area contributed by atoms with Crippen molar-refractivity contribution in [3.63, 3.8) is 0 Å². The van der Waals surface area contributed by atoms with Crippen LogP contribution in [0.3, 0.4) is 0 Å². The molecular weight excluding hydrogens is 261 g/mol. The lowest BCUT2D eigenvalue weighted by Gasteiger charge is -2.31. The molecule has 0 fully saturated rings. The van der Waals surface area contributed by atoms with E-state index >= 15 is 0 Å². The van der Waals surface area contributed by atoms with E-state index in [0.717, 1.165) is 19.8 Å². The van der Waals surface area contributed by atoms with Crippen LogP contribution in [0, 0.1) is 0 Å². The maximum absolute atomic E-state index is 13.2. The number of alkyl halides is 3. The minimum atomic E-state index is -4.83. The number of carbonyl (C=O) groups is 1. The van der Waals surface area contributed by atoms with Crippen molar-refractivity contribution in [1.82, 2.24) is 0 Å². The molecule has 3 nitrogen and oxygen atoms in total. The first-order chi connectivity index (χ1) is 8.87. The largest absolute Gasteiger partial charge is 0.474 e. The summed E-state index contributed by atoms with van der Waals surface area (Å²) < 4.78 is 48.6. The number of ether oxygens (including phenoxy) is 2. The Bertz CT molecular complexity index is 385. The predicted molar refractivity (Wildman–Crippen MR) is 63.3 cm³/mol. The molecule has 0 amide bonds. The van der Waals surface area contributed by atoms with Gasteiger partial charge < -0.3 is 9.47 Å². The average Bonchev–Trinajstić information content (AvgIpc) is 2.58. The van der Waals surface area contributed by atoms with Crippen LogP contribution in [-0.4, -0.2) is 24.9 Å². The van der Waals surface area contributed by atoms with Crippen molar-refractivity contribution in [2.75, 3.05) is 7.11 Å². The predicted octanol–water partition coefficient (Wildman–Crippen LogP) is 3.51. The fourth-order valence-corrected chi connectivity index (χ4v) is 1.87. The summed E-state index contributed by atoms with van der Waals surface area (Å²) in [4.78, 5) is 11.6. The number of unbranched alkanes of at least 4 members (excludes halogenated alkanes) is 1. The molecule has 1 aliphatic heterocycles. The Kier molecular flexibility index (Phi) is 5.03. The Morgan fingerprint density at radius 1 is 1.58 bits per heavy atom. The summed E-state index contributed by atoms with van der Waals surface area (Å²) in [5, 5.41) is 0. The zero-order valence-electron chi connectivity index (χ0n) is 10.9. The van der Waals surface area contributed by atoms with Crippen LogP contribution in [0.4, 0.5) is 13.2 Å². The summed E-state index contributed by atoms with van der Waals surface area (Å²) in [6.45, 7) is 1.93. The summed E-state index contributed by atoms with van der Waals surface area (Å²) in [6, 6.07) is 0. The van der Waals surface area contributed by atoms with Gasteiger partial charge in [0, 0.05) is 6.42 Å². The minimum absolute atomic E-state index is 0.342. The van der Waals surface area contributed by atoms with Crippen LogP contribution in [0.15, 0.2) is 24.0 Å². The summed E-state index contributed by atoms with van der Waals surface area (Å²) in [5.74, 6) is -1.42. The molecule has 0 aromatic rings. The topological polar surface area (TPSA) is 35.5 Å². The van der Waals surface area contributed by atoms with Crippen molar-refractivity contribution in [2.45, 2.75) is 44.4 Å². The number of esters is 1. The molecule has 0 unspecified atom stereocenters. The molecule has 0 saturated heterocycles. The first-order valence-corrected chi connectivity index (χ1v) is 6.03. The van der Waals surface area contributed by atoms with E-state index < -0.39 is 24.2 Å². The normalized spacial score (nSPS) is 25.8. The van der Waals surface area contributed by atoms with Gasteiger partial charge in [-0.05, 0) is 18.9 Å². The van der Waals surface area contributed by atoms with E-state index in [1.54, 1.807) is 6.08 Å². The smallest absolute Gasteiger partial charge is 0.439 e. The van der Waals surface area contributed by atoms with Gasteiger partial charge in [0.15, 0.2) is 0 Å². The van der Waals surface area contributed by atoms with E-state index in [2.05, 4.69) is 4.74 Å². The summed E-state index contributed by atoms with van der Waals surface area (Å²) in [6.07, 6.45) is 0.590. The number of carbonyl (C=O) groups excluding carboxylic acids is 1. The number of hydrogen-bond donors (Lipinski definition) is 0. The number of hydrogen-bond acceptors (Lipinski definition) is 3. The molecule has 0 aromatic heterocycles. The monoisotopic (exact) mass is 278 g/mol. The van der Waals surface area contributed by atoms with Crippen LogP contribution in [0.2, 0.25) is 0 Å². The highest BCUT2D eigenvalue weighted by Crippen LogP contribution is 2.41. The third-order valence-corrected chi connectivity index (χ3v) is 2.92. The van der Waals surface area contributed by atoms with E-state index in [9.17, 15) is 18.0 Å². The van der Waals surface area contributed by atoms with Crippen molar-refractivity contribution >= 4 is 5.97 Å². The van der Waals surface area contributed by atoms with Gasteiger partial charge in [0.2, 0.25) is 0 Å². The van der Waals surface area contributed by atoms with Crippen LogP contribution in [-0.2, 0) is 14.3 Å². The Hall–Kier alpha value is -1.46. The second-order valence-corrected chi connectivity index (χ2v) is 4.34. The van der Waals surface area contributed by atoms with Gasteiger partial charge >= 0.3 is 17.7 Å². The van der Waals surface area contributed by atoms with Crippen LogP contribution >= 0.6 is 0 Å². The van der Waals surface area contributed by atoms with Crippen molar-refractivity contribution in [1.29, 1.82) is 0 Å². The van der Waals surface area contributed by atoms with Gasteiger partial charge in [0.25, 0.3) is 0 Å². The van der Waals surface area contributed by atoms with E-state index in [1.165, 1.54) is 6.08 Å². The molecule has 6 heteroatoms. The van der Waals surface area contributed by atoms with Gasteiger partial charge in [0.05, 0.1) is 13.4 Å². The molecular formula is C13H17F3O3. The number of rotatable bonds is 3. The molecule has 19 heavy (non-hydrogen) atoms. The van der Waals surface area contributed by atoms with Crippen LogP contribution in [0.5, 0.6) is 0 Å². The Morgan fingerprint density at radius 2 is 2.26 bits per heavy atom. The standard InChI is InChI=1S/C13H17F3O3/c1-3-4-6-10-7-5-8-19-12(9-10,11(17)18-2)13(14,15)16/h5-6,8H,3-4,7,9H2,1-2H3/b10-6+/t12-/m0/s1. The molecule has 1 rings (SSSR count). The zero-order chi connectivity index (χ0) is 14.5. The molecule has 108 valence electrons. The molecule has 1 atom stereocenters. The molecule has 0 aromatic carbocycles. The number of methoxy groups -OCH3 is 1. The Morgan fingerprint density at radius 3 is 2.79 bits per heavy atom. The summed E-state index contributed by atoms with van der Waals surface area (Å²) in [7, 11) is 0.920. The number of allylic oxidation sites excluding steroid dienone is 2. The first-order valence-electron chi connectivity index (χ1n) is 6.03. The zero-order valence-corrected chi connectivity index (χ0v) is 10.9. The molecule has 0 spiro atoms. The van der Waals surface area contributed by atoms with E-state index in [4.69, 9.17) is 4.74 Å². The highest BCUT2D eigenvalue weighted by atomic mass is 19.4. The van der Waals surface area contributed by atoms with E-state index in [0.29, 0.717) is 18.4 Å². The first kappa shape index (κ1) is 15.6. The van der Waals surface area contributed by atoms with Crippen molar-refractivity contribution in [2.24, 2.45) is 0 Å². The fraction of sp³-hybridized carbons (Fsp3) is 0.615. The second kappa shape index (κ2) is 6.12. The third-order valence-electron chi connectivity index (χ3n) is 2.92. The quantitative estimate of drug-likeness (QED) is 0.585. The van der Waals surface area contributed by atoms with Crippen molar-refractivity contribution < 1.29 is 27.4 Å². The molecule has 0 N–H and O–H groups in total. The fourth-order valence-electron chi connectivity index (χ4n) is 1.87. The van der Waals surface area contributed by atoms with E-state index in [1.807, 2.05) is 6.92 Å². The summed E-state index contributed by atoms with van der Waals surface area (Å²) >= 11 is 0. The average molecular weight is 278 g/mol. The van der Waals surface area contributed by atoms with Crippen molar-refractivity contribution in [3.05, 3.63) is 24.0 Å². The highest BCUT2D eigenvalue weighted by Gasteiger charge is 2.64. The molecule has 0 aliphatic carbocycles. The second-order valence-electron chi connectivity index (χ2n) is 4.34. The Labute approximate surface area is 110 Å². The summed E-state index contributed by atoms with van der Waals surface area (Å²) in [5.41, 5.74) is -2.41. The van der Waals surface area contributed by atoms with E-state index in [-0.39, 0.29) is 0 Å². The lowest BCUT2D eigenvalue weighted by molar-refractivity contribution is -0.261. The maximum atomic E-state index is 13.2. The maximum Gasteiger partial charge on any atom is 0.439 e. The molecule has 0 bridgehead atoms. The van der Waals surface area contributed by atoms with Gasteiger partial charge in [-0.25, -0.2) is 4.79 Å². The molecule has 1 heterocycles. The highest BCUT2D eigenvalue weighted by molar-refractivity contribution is 5.81. The van der Waals surface area contributed by atoms with Crippen molar-refractivity contribution in [3.8, 4) is 0 Å². The van der Waals surface area contributed by atoms with Crippen LogP contribution in [0.1, 0.15) is 32.6 Å². The lowest BCUT2D eigenvalue weighted by atomic mass is 9.91. The Balaban J connectivity index is 3.15. The van der Waals surface area contributed by atoms with Gasteiger partial charge in [-0.15, -0.1) is 0 Å². The van der Waals surface area contributed by atoms with Gasteiger partial charge in [-0.3, -0.25) is 0 Å². The third kappa shape index (κ3) is 3.30. The van der Waals surface area contributed by atoms with Gasteiger partial charge in [-0.2, -0.15) is 13.2 Å². The molecule has 1 aliphatic rings.